The van der Waals surface area contributed by atoms with Crippen LogP contribution in [0.2, 0.25) is 5.02 Å². The monoisotopic (exact) mass is 321 g/mol. The fraction of sp³-hybridized carbons (Fsp3) is 0.294. The Balaban J connectivity index is 1.92. The molecule has 2 aromatic carbocycles. The van der Waals surface area contributed by atoms with Crippen LogP contribution in [0.5, 0.6) is 5.75 Å². The van der Waals surface area contributed by atoms with Crippen LogP contribution in [-0.4, -0.2) is 23.4 Å². The topological polar surface area (TPSA) is 32.3 Å². The average Bonchev–Trinajstić information content (AvgIpc) is 2.49. The summed E-state index contributed by atoms with van der Waals surface area (Å²) < 4.78 is 0. The number of benzene rings is 2. The molecule has 4 heteroatoms. The lowest BCUT2D eigenvalue weighted by Gasteiger charge is -2.17. The lowest BCUT2D eigenvalue weighted by molar-refractivity contribution is 0.474. The minimum Gasteiger partial charge on any atom is -0.508 e. The number of aromatic hydroxyl groups is 1. The van der Waals surface area contributed by atoms with Crippen molar-refractivity contribution in [2.75, 3.05) is 12.3 Å². The van der Waals surface area contributed by atoms with E-state index in [-0.39, 0.29) is 0 Å². The molecular weight excluding hydrogens is 302 g/mol. The first-order chi connectivity index (χ1) is 10.2. The van der Waals surface area contributed by atoms with Gasteiger partial charge in [-0.2, -0.15) is 0 Å². The normalized spacial score (nSPS) is 12.3. The molecule has 21 heavy (non-hydrogen) atoms. The highest BCUT2D eigenvalue weighted by atomic mass is 35.5. The van der Waals surface area contributed by atoms with E-state index in [4.69, 9.17) is 11.6 Å². The van der Waals surface area contributed by atoms with Gasteiger partial charge in [-0.15, -0.1) is 11.8 Å². The summed E-state index contributed by atoms with van der Waals surface area (Å²) >= 11 is 7.73. The fourth-order valence-corrected chi connectivity index (χ4v) is 3.21. The van der Waals surface area contributed by atoms with Crippen LogP contribution >= 0.6 is 23.4 Å². The number of nitrogens with one attached hydrogen (secondary N) is 1. The lowest BCUT2D eigenvalue weighted by Crippen LogP contribution is -2.33. The van der Waals surface area contributed by atoms with Gasteiger partial charge in [0.15, 0.2) is 0 Å². The number of thioether (sulfide) groups is 1. The zero-order valence-electron chi connectivity index (χ0n) is 12.1. The van der Waals surface area contributed by atoms with Crippen LogP contribution in [0.4, 0.5) is 0 Å². The van der Waals surface area contributed by atoms with Crippen molar-refractivity contribution >= 4 is 23.4 Å². The Morgan fingerprint density at radius 2 is 1.76 bits per heavy atom. The molecule has 0 aliphatic carbocycles. The van der Waals surface area contributed by atoms with Gasteiger partial charge in [-0.25, -0.2) is 0 Å². The molecule has 2 aromatic rings. The van der Waals surface area contributed by atoms with E-state index < -0.39 is 0 Å². The zero-order valence-corrected chi connectivity index (χ0v) is 13.6. The SMILES string of the molecule is CCNC(CSc1ccc(Cl)cc1)Cc1ccc(O)cc1. The second-order valence-corrected chi connectivity index (χ2v) is 6.42. The van der Waals surface area contributed by atoms with Crippen molar-refractivity contribution < 1.29 is 5.11 Å². The molecule has 0 spiro atoms. The second-order valence-electron chi connectivity index (χ2n) is 4.89. The minimum absolute atomic E-state index is 0.314. The Morgan fingerprint density at radius 3 is 2.38 bits per heavy atom. The summed E-state index contributed by atoms with van der Waals surface area (Å²) in [5.41, 5.74) is 1.23. The highest BCUT2D eigenvalue weighted by Gasteiger charge is 2.09. The number of likely N-dealkylation sites (N-methyl/N-ethyl adjacent to an activating group) is 1. The Kier molecular flexibility index (Phi) is 6.43. The molecule has 0 amide bonds. The Labute approximate surface area is 135 Å². The Morgan fingerprint density at radius 1 is 1.10 bits per heavy atom. The van der Waals surface area contributed by atoms with Gasteiger partial charge >= 0.3 is 0 Å². The van der Waals surface area contributed by atoms with E-state index in [1.807, 2.05) is 36.0 Å². The molecular formula is C17H20ClNOS. The number of phenols is 1. The molecule has 2 nitrogen and oxygen atoms in total. The van der Waals surface area contributed by atoms with Gasteiger partial charge in [0.25, 0.3) is 0 Å². The molecule has 0 saturated heterocycles. The van der Waals surface area contributed by atoms with Crippen molar-refractivity contribution in [2.24, 2.45) is 0 Å². The molecule has 112 valence electrons. The summed E-state index contributed by atoms with van der Waals surface area (Å²) in [5, 5.41) is 13.6. The zero-order chi connectivity index (χ0) is 15.1. The van der Waals surface area contributed by atoms with Gasteiger partial charge in [0.05, 0.1) is 0 Å². The lowest BCUT2D eigenvalue weighted by atomic mass is 10.1. The molecule has 1 unspecified atom stereocenters. The first-order valence-corrected chi connectivity index (χ1v) is 8.43. The van der Waals surface area contributed by atoms with Gasteiger partial charge in [-0.1, -0.05) is 30.7 Å². The van der Waals surface area contributed by atoms with Crippen LogP contribution in [0.25, 0.3) is 0 Å². The van der Waals surface area contributed by atoms with Crippen LogP contribution in [0.15, 0.2) is 53.4 Å². The van der Waals surface area contributed by atoms with Gasteiger partial charge in [0, 0.05) is 21.7 Å². The van der Waals surface area contributed by atoms with Crippen molar-refractivity contribution in [1.29, 1.82) is 0 Å². The highest BCUT2D eigenvalue weighted by molar-refractivity contribution is 7.99. The highest BCUT2D eigenvalue weighted by Crippen LogP contribution is 2.22. The van der Waals surface area contributed by atoms with Crippen molar-refractivity contribution in [3.63, 3.8) is 0 Å². The smallest absolute Gasteiger partial charge is 0.115 e. The molecule has 0 aliphatic heterocycles. The predicted molar refractivity (Wildman–Crippen MR) is 91.5 cm³/mol. The summed E-state index contributed by atoms with van der Waals surface area (Å²) in [6, 6.07) is 15.8. The molecule has 2 rings (SSSR count). The summed E-state index contributed by atoms with van der Waals surface area (Å²) in [5.74, 6) is 1.31. The standard InChI is InChI=1S/C17H20ClNOS/c1-2-19-15(11-13-3-7-16(20)8-4-13)12-21-17-9-5-14(18)6-10-17/h3-10,15,19-20H,2,11-12H2,1H3. The molecule has 0 aliphatic rings. The number of rotatable bonds is 7. The van der Waals surface area contributed by atoms with Crippen molar-refractivity contribution in [3.05, 3.63) is 59.1 Å². The minimum atomic E-state index is 0.314. The number of hydrogen-bond acceptors (Lipinski definition) is 3. The molecule has 0 aromatic heterocycles. The Bertz CT molecular complexity index is 542. The van der Waals surface area contributed by atoms with E-state index in [1.54, 1.807) is 12.1 Å². The number of halogens is 1. The van der Waals surface area contributed by atoms with Gasteiger partial charge in [0.2, 0.25) is 0 Å². The molecule has 0 bridgehead atoms. The summed E-state index contributed by atoms with van der Waals surface area (Å²) in [6.07, 6.45) is 0.953. The molecule has 0 radical (unpaired) electrons. The number of phenolic OH excluding ortho intramolecular Hbond substituents is 1. The third-order valence-electron chi connectivity index (χ3n) is 3.18. The number of hydrogen-bond donors (Lipinski definition) is 2. The van der Waals surface area contributed by atoms with Crippen LogP contribution in [0.1, 0.15) is 12.5 Å². The largest absolute Gasteiger partial charge is 0.508 e. The van der Waals surface area contributed by atoms with Gasteiger partial charge in [-0.05, 0) is 54.9 Å². The predicted octanol–water partition coefficient (Wildman–Crippen LogP) is 4.36. The van der Waals surface area contributed by atoms with Crippen molar-refractivity contribution in [3.8, 4) is 5.75 Å². The maximum Gasteiger partial charge on any atom is 0.115 e. The summed E-state index contributed by atoms with van der Waals surface area (Å²) in [7, 11) is 0. The van der Waals surface area contributed by atoms with Crippen molar-refractivity contribution in [1.82, 2.24) is 5.32 Å². The van der Waals surface area contributed by atoms with E-state index in [9.17, 15) is 5.11 Å². The summed E-state index contributed by atoms with van der Waals surface area (Å²) in [6.45, 7) is 3.07. The average molecular weight is 322 g/mol. The van der Waals surface area contributed by atoms with Gasteiger partial charge < -0.3 is 10.4 Å². The van der Waals surface area contributed by atoms with E-state index in [0.717, 1.165) is 23.7 Å². The third kappa shape index (κ3) is 5.62. The van der Waals surface area contributed by atoms with E-state index in [0.29, 0.717) is 11.8 Å². The van der Waals surface area contributed by atoms with Crippen LogP contribution in [0, 0.1) is 0 Å². The van der Waals surface area contributed by atoms with E-state index in [2.05, 4.69) is 24.4 Å². The quantitative estimate of drug-likeness (QED) is 0.743. The van der Waals surface area contributed by atoms with Gasteiger partial charge in [-0.3, -0.25) is 0 Å². The van der Waals surface area contributed by atoms with Gasteiger partial charge in [0.1, 0.15) is 5.75 Å². The molecule has 1 atom stereocenters. The molecule has 0 heterocycles. The van der Waals surface area contributed by atoms with E-state index in [1.165, 1.54) is 10.5 Å². The summed E-state index contributed by atoms with van der Waals surface area (Å²) in [4.78, 5) is 1.23. The molecule has 0 saturated carbocycles. The molecule has 2 N–H and O–H groups in total. The van der Waals surface area contributed by atoms with Crippen LogP contribution < -0.4 is 5.32 Å². The first-order valence-electron chi connectivity index (χ1n) is 7.07. The van der Waals surface area contributed by atoms with E-state index >= 15 is 0 Å². The molecule has 0 fully saturated rings. The third-order valence-corrected chi connectivity index (χ3v) is 4.60. The second kappa shape index (κ2) is 8.32. The maximum absolute atomic E-state index is 9.34. The van der Waals surface area contributed by atoms with Crippen molar-refractivity contribution in [2.45, 2.75) is 24.3 Å². The van der Waals surface area contributed by atoms with Crippen LogP contribution in [-0.2, 0) is 6.42 Å². The first kappa shape index (κ1) is 16.2. The Hall–Kier alpha value is -1.16. The maximum atomic E-state index is 9.34. The van der Waals surface area contributed by atoms with Crippen LogP contribution in [0.3, 0.4) is 0 Å². The fourth-order valence-electron chi connectivity index (χ4n) is 2.12.